The Kier molecular flexibility index (Phi) is 11.1. The fraction of sp³-hybridized carbons (Fsp3) is 0.929. The Balaban J connectivity index is 0.00000200. The molecule has 7 heteroatoms. The van der Waals surface area contributed by atoms with Gasteiger partial charge in [-0.25, -0.2) is 0 Å². The molecule has 0 aromatic heterocycles. The van der Waals surface area contributed by atoms with Crippen molar-refractivity contribution in [2.24, 2.45) is 0 Å². The summed E-state index contributed by atoms with van der Waals surface area (Å²) >= 11 is 2.05. The predicted octanol–water partition coefficient (Wildman–Crippen LogP) is 1.92. The van der Waals surface area contributed by atoms with Crippen molar-refractivity contribution in [1.82, 2.24) is 15.5 Å². The van der Waals surface area contributed by atoms with E-state index in [4.69, 9.17) is 0 Å². The number of thioether (sulfide) groups is 1. The van der Waals surface area contributed by atoms with E-state index in [2.05, 4.69) is 27.3 Å². The number of nitrogens with zero attached hydrogens (tertiary/aromatic N) is 1. The molecule has 0 aromatic rings. The highest BCUT2D eigenvalue weighted by Gasteiger charge is 2.39. The van der Waals surface area contributed by atoms with Crippen molar-refractivity contribution < 1.29 is 4.79 Å². The number of hydrogen-bond donors (Lipinski definition) is 2. The third-order valence-electron chi connectivity index (χ3n) is 4.43. The maximum absolute atomic E-state index is 11.8. The molecule has 126 valence electrons. The molecule has 0 unspecified atom stereocenters. The van der Waals surface area contributed by atoms with Crippen molar-refractivity contribution in [3.8, 4) is 0 Å². The zero-order valence-corrected chi connectivity index (χ0v) is 15.3. The number of nitrogens with one attached hydrogen (secondary N) is 2. The smallest absolute Gasteiger partial charge is 0.221 e. The van der Waals surface area contributed by atoms with E-state index >= 15 is 0 Å². The van der Waals surface area contributed by atoms with Gasteiger partial charge in [-0.3, -0.25) is 9.69 Å². The molecule has 0 bridgehead atoms. The minimum absolute atomic E-state index is 0. The Labute approximate surface area is 145 Å². The second kappa shape index (κ2) is 10.9. The van der Waals surface area contributed by atoms with E-state index in [9.17, 15) is 4.79 Å². The maximum atomic E-state index is 11.8. The highest BCUT2D eigenvalue weighted by Crippen LogP contribution is 2.36. The van der Waals surface area contributed by atoms with Gasteiger partial charge in [0.2, 0.25) is 5.91 Å². The molecule has 0 aromatic carbocycles. The Morgan fingerprint density at radius 3 is 2.38 bits per heavy atom. The summed E-state index contributed by atoms with van der Waals surface area (Å²) in [5.41, 5.74) is 0.260. The van der Waals surface area contributed by atoms with Gasteiger partial charge in [0, 0.05) is 49.6 Å². The molecule has 1 saturated carbocycles. The van der Waals surface area contributed by atoms with Crippen LogP contribution in [0, 0.1) is 0 Å². The lowest BCUT2D eigenvalue weighted by Crippen LogP contribution is -2.56. The molecule has 1 amide bonds. The van der Waals surface area contributed by atoms with Crippen molar-refractivity contribution in [2.75, 3.05) is 44.7 Å². The highest BCUT2D eigenvalue weighted by molar-refractivity contribution is 7.99. The number of hydrogen-bond acceptors (Lipinski definition) is 4. The monoisotopic (exact) mass is 357 g/mol. The van der Waals surface area contributed by atoms with E-state index < -0.39 is 0 Å². The fourth-order valence-corrected chi connectivity index (χ4v) is 4.17. The Hall–Kier alpha value is 0.320. The van der Waals surface area contributed by atoms with Gasteiger partial charge in [0.05, 0.1) is 0 Å². The SMILES string of the molecule is CNCCC(=O)NCC1(N2CCSCC2)CCCC1.Cl.Cl. The van der Waals surface area contributed by atoms with E-state index in [1.807, 2.05) is 7.05 Å². The zero-order chi connectivity index (χ0) is 13.6. The normalized spacial score (nSPS) is 21.2. The molecule has 4 nitrogen and oxygen atoms in total. The van der Waals surface area contributed by atoms with Gasteiger partial charge in [-0.05, 0) is 19.9 Å². The molecule has 2 rings (SSSR count). The van der Waals surface area contributed by atoms with Crippen LogP contribution in [0.2, 0.25) is 0 Å². The van der Waals surface area contributed by atoms with Gasteiger partial charge in [-0.15, -0.1) is 24.8 Å². The molecule has 0 spiro atoms. The third-order valence-corrected chi connectivity index (χ3v) is 5.38. The Morgan fingerprint density at radius 2 is 1.81 bits per heavy atom. The molecule has 1 aliphatic carbocycles. The van der Waals surface area contributed by atoms with Crippen LogP contribution in [-0.4, -0.2) is 61.1 Å². The molecule has 2 N–H and O–H groups in total. The lowest BCUT2D eigenvalue weighted by molar-refractivity contribution is -0.121. The molecular formula is C14H29Cl2N3OS. The molecule has 1 heterocycles. The van der Waals surface area contributed by atoms with E-state index in [-0.39, 0.29) is 36.3 Å². The first-order valence-corrected chi connectivity index (χ1v) is 8.66. The maximum Gasteiger partial charge on any atom is 0.221 e. The molecule has 0 atom stereocenters. The van der Waals surface area contributed by atoms with E-state index in [1.165, 1.54) is 50.3 Å². The summed E-state index contributed by atoms with van der Waals surface area (Å²) in [6, 6.07) is 0. The summed E-state index contributed by atoms with van der Waals surface area (Å²) < 4.78 is 0. The molecule has 2 fully saturated rings. The van der Waals surface area contributed by atoms with Crippen LogP contribution in [0.1, 0.15) is 32.1 Å². The summed E-state index contributed by atoms with van der Waals surface area (Å²) in [7, 11) is 1.89. The summed E-state index contributed by atoms with van der Waals surface area (Å²) in [6.07, 6.45) is 5.72. The first-order valence-electron chi connectivity index (χ1n) is 7.51. The molecule has 2 aliphatic rings. The number of carbonyl (C=O) groups excluding carboxylic acids is 1. The van der Waals surface area contributed by atoms with Gasteiger partial charge in [0.25, 0.3) is 0 Å². The number of halogens is 2. The predicted molar refractivity (Wildman–Crippen MR) is 96.1 cm³/mol. The molecular weight excluding hydrogens is 329 g/mol. The van der Waals surface area contributed by atoms with Crippen LogP contribution in [-0.2, 0) is 4.79 Å². The van der Waals surface area contributed by atoms with E-state index in [1.54, 1.807) is 0 Å². The summed E-state index contributed by atoms with van der Waals surface area (Å²) in [6.45, 7) is 3.99. The van der Waals surface area contributed by atoms with Gasteiger partial charge in [-0.1, -0.05) is 12.8 Å². The first-order chi connectivity index (χ1) is 9.27. The van der Waals surface area contributed by atoms with Crippen molar-refractivity contribution in [1.29, 1.82) is 0 Å². The Morgan fingerprint density at radius 1 is 1.19 bits per heavy atom. The lowest BCUT2D eigenvalue weighted by atomic mass is 9.94. The minimum atomic E-state index is 0. The third kappa shape index (κ3) is 6.14. The zero-order valence-electron chi connectivity index (χ0n) is 12.9. The van der Waals surface area contributed by atoms with Crippen LogP contribution in [0.3, 0.4) is 0 Å². The highest BCUT2D eigenvalue weighted by atomic mass is 35.5. The average molecular weight is 358 g/mol. The topological polar surface area (TPSA) is 44.4 Å². The van der Waals surface area contributed by atoms with Crippen molar-refractivity contribution in [3.63, 3.8) is 0 Å². The van der Waals surface area contributed by atoms with Crippen molar-refractivity contribution in [2.45, 2.75) is 37.6 Å². The van der Waals surface area contributed by atoms with Crippen molar-refractivity contribution in [3.05, 3.63) is 0 Å². The van der Waals surface area contributed by atoms with Crippen LogP contribution in [0.5, 0.6) is 0 Å². The minimum Gasteiger partial charge on any atom is -0.354 e. The quantitative estimate of drug-likeness (QED) is 0.762. The molecule has 21 heavy (non-hydrogen) atoms. The first kappa shape index (κ1) is 21.3. The number of amides is 1. The largest absolute Gasteiger partial charge is 0.354 e. The van der Waals surface area contributed by atoms with Gasteiger partial charge in [0.15, 0.2) is 0 Å². The number of carbonyl (C=O) groups is 1. The van der Waals surface area contributed by atoms with E-state index in [0.717, 1.165) is 13.1 Å². The summed E-state index contributed by atoms with van der Waals surface area (Å²) in [5.74, 6) is 2.68. The van der Waals surface area contributed by atoms with Crippen LogP contribution < -0.4 is 10.6 Å². The molecule has 1 saturated heterocycles. The standard InChI is InChI=1S/C14H27N3OS.2ClH/c1-15-7-4-13(18)16-12-14(5-2-3-6-14)17-8-10-19-11-9-17;;/h15H,2-12H2,1H3,(H,16,18);2*1H. The average Bonchev–Trinajstić information content (AvgIpc) is 2.94. The van der Waals surface area contributed by atoms with Crippen LogP contribution >= 0.6 is 36.6 Å². The van der Waals surface area contributed by atoms with Crippen LogP contribution in [0.4, 0.5) is 0 Å². The Bertz CT molecular complexity index is 296. The summed E-state index contributed by atoms with van der Waals surface area (Å²) in [4.78, 5) is 14.5. The second-order valence-electron chi connectivity index (χ2n) is 5.66. The van der Waals surface area contributed by atoms with Gasteiger partial charge < -0.3 is 10.6 Å². The number of rotatable bonds is 6. The van der Waals surface area contributed by atoms with Gasteiger partial charge in [-0.2, -0.15) is 11.8 Å². The second-order valence-corrected chi connectivity index (χ2v) is 6.89. The fourth-order valence-electron chi connectivity index (χ4n) is 3.27. The van der Waals surface area contributed by atoms with Gasteiger partial charge in [0.1, 0.15) is 0 Å². The lowest BCUT2D eigenvalue weighted by Gasteiger charge is -2.43. The summed E-state index contributed by atoms with van der Waals surface area (Å²) in [5, 5.41) is 6.20. The van der Waals surface area contributed by atoms with Crippen LogP contribution in [0.15, 0.2) is 0 Å². The molecule has 0 radical (unpaired) electrons. The van der Waals surface area contributed by atoms with Gasteiger partial charge >= 0.3 is 0 Å². The van der Waals surface area contributed by atoms with E-state index in [0.29, 0.717) is 6.42 Å². The van der Waals surface area contributed by atoms with Crippen molar-refractivity contribution >= 4 is 42.5 Å². The van der Waals surface area contributed by atoms with Crippen LogP contribution in [0.25, 0.3) is 0 Å². The molecule has 1 aliphatic heterocycles.